The highest BCUT2D eigenvalue weighted by Crippen LogP contribution is 2.33. The van der Waals surface area contributed by atoms with Gasteiger partial charge in [-0.25, -0.2) is 0 Å². The molecule has 1 spiro atoms. The molecule has 0 aromatic carbocycles. The van der Waals surface area contributed by atoms with Gasteiger partial charge in [0.25, 0.3) is 5.91 Å². The zero-order valence-electron chi connectivity index (χ0n) is 16.1. The second kappa shape index (κ2) is 7.94. The van der Waals surface area contributed by atoms with E-state index in [1.807, 2.05) is 9.80 Å². The Balaban J connectivity index is 1.77. The van der Waals surface area contributed by atoms with Crippen molar-refractivity contribution >= 4 is 28.9 Å². The van der Waals surface area contributed by atoms with E-state index in [-0.39, 0.29) is 23.1 Å². The van der Waals surface area contributed by atoms with E-state index < -0.39 is 0 Å². The minimum absolute atomic E-state index is 0.0153. The van der Waals surface area contributed by atoms with Gasteiger partial charge in [-0.05, 0) is 38.9 Å². The van der Waals surface area contributed by atoms with Gasteiger partial charge in [0.15, 0.2) is 5.78 Å². The lowest BCUT2D eigenvalue weighted by Crippen LogP contribution is -2.62. The molecule has 0 aliphatic carbocycles. The van der Waals surface area contributed by atoms with Crippen LogP contribution < -0.4 is 0 Å². The minimum atomic E-state index is -0.180. The Kier molecular flexibility index (Phi) is 5.81. The fraction of sp³-hybridized carbons (Fsp3) is 0.550. The number of hydrogen-bond acceptors (Lipinski definition) is 5. The summed E-state index contributed by atoms with van der Waals surface area (Å²) >= 11 is 1.26. The number of carbonyl (C=O) groups is 3. The summed E-state index contributed by atoms with van der Waals surface area (Å²) < 4.78 is 0. The third-order valence-electron chi connectivity index (χ3n) is 5.80. The van der Waals surface area contributed by atoms with Crippen LogP contribution in [0.25, 0.3) is 0 Å². The van der Waals surface area contributed by atoms with Gasteiger partial charge in [-0.2, -0.15) is 0 Å². The van der Waals surface area contributed by atoms with Crippen molar-refractivity contribution in [1.29, 1.82) is 0 Å². The van der Waals surface area contributed by atoms with Crippen molar-refractivity contribution in [3.63, 3.8) is 0 Å². The van der Waals surface area contributed by atoms with Crippen LogP contribution >= 0.6 is 11.3 Å². The topological polar surface area (TPSA) is 60.9 Å². The van der Waals surface area contributed by atoms with E-state index in [0.29, 0.717) is 42.4 Å². The smallest absolute Gasteiger partial charge is 0.264 e. The van der Waals surface area contributed by atoms with Crippen molar-refractivity contribution in [3.05, 3.63) is 34.5 Å². The molecule has 6 nitrogen and oxygen atoms in total. The SMILES string of the molecule is C=CCN1CC[C@@]2(CCC1=O)CN(C(=O)c1ccc(C(C)=O)s1)CCN2C. The maximum atomic E-state index is 13.0. The molecule has 0 N–H and O–H groups in total. The number of carbonyl (C=O) groups excluding carboxylic acids is 3. The van der Waals surface area contributed by atoms with Crippen molar-refractivity contribution in [3.8, 4) is 0 Å². The fourth-order valence-electron chi connectivity index (χ4n) is 4.01. The quantitative estimate of drug-likeness (QED) is 0.586. The van der Waals surface area contributed by atoms with E-state index in [9.17, 15) is 14.4 Å². The average molecular weight is 390 g/mol. The maximum Gasteiger partial charge on any atom is 0.264 e. The molecule has 2 saturated heterocycles. The van der Waals surface area contributed by atoms with Crippen LogP contribution in [0.5, 0.6) is 0 Å². The summed E-state index contributed by atoms with van der Waals surface area (Å²) in [6, 6.07) is 3.47. The van der Waals surface area contributed by atoms with Crippen LogP contribution in [-0.4, -0.2) is 77.6 Å². The van der Waals surface area contributed by atoms with Gasteiger partial charge in [0.1, 0.15) is 0 Å². The predicted octanol–water partition coefficient (Wildman–Crippen LogP) is 2.28. The summed E-state index contributed by atoms with van der Waals surface area (Å²) in [5.41, 5.74) is -0.180. The van der Waals surface area contributed by atoms with E-state index in [1.54, 1.807) is 18.2 Å². The van der Waals surface area contributed by atoms with Crippen molar-refractivity contribution in [2.24, 2.45) is 0 Å². The number of rotatable bonds is 4. The molecule has 3 rings (SSSR count). The van der Waals surface area contributed by atoms with Crippen LogP contribution in [0.3, 0.4) is 0 Å². The van der Waals surface area contributed by atoms with Gasteiger partial charge in [-0.1, -0.05) is 6.08 Å². The third kappa shape index (κ3) is 3.99. The number of likely N-dealkylation sites (N-methyl/N-ethyl adjacent to an activating group) is 1. The Morgan fingerprint density at radius 1 is 1.22 bits per heavy atom. The molecule has 7 heteroatoms. The zero-order valence-corrected chi connectivity index (χ0v) is 16.9. The largest absolute Gasteiger partial charge is 0.339 e. The second-order valence-corrected chi connectivity index (χ2v) is 8.55. The molecule has 0 radical (unpaired) electrons. The molecule has 1 aromatic heterocycles. The van der Waals surface area contributed by atoms with Gasteiger partial charge in [0, 0.05) is 44.7 Å². The normalized spacial score (nSPS) is 24.1. The predicted molar refractivity (Wildman–Crippen MR) is 106 cm³/mol. The number of ketones is 1. The van der Waals surface area contributed by atoms with Gasteiger partial charge in [-0.3, -0.25) is 19.3 Å². The minimum Gasteiger partial charge on any atom is -0.339 e. The molecule has 146 valence electrons. The highest BCUT2D eigenvalue weighted by atomic mass is 32.1. The third-order valence-corrected chi connectivity index (χ3v) is 6.98. The molecule has 0 unspecified atom stereocenters. The Morgan fingerprint density at radius 3 is 2.63 bits per heavy atom. The highest BCUT2D eigenvalue weighted by Gasteiger charge is 2.43. The molecular formula is C20H27N3O3S. The maximum absolute atomic E-state index is 13.0. The van der Waals surface area contributed by atoms with E-state index in [1.165, 1.54) is 18.3 Å². The lowest BCUT2D eigenvalue weighted by atomic mass is 9.86. The lowest BCUT2D eigenvalue weighted by molar-refractivity contribution is -0.130. The summed E-state index contributed by atoms with van der Waals surface area (Å²) in [6.07, 6.45) is 3.85. The van der Waals surface area contributed by atoms with Gasteiger partial charge in [0.05, 0.1) is 9.75 Å². The number of nitrogens with zero attached hydrogens (tertiary/aromatic N) is 3. The van der Waals surface area contributed by atoms with Crippen LogP contribution in [0.1, 0.15) is 45.5 Å². The summed E-state index contributed by atoms with van der Waals surface area (Å²) in [5.74, 6) is 0.130. The molecule has 2 fully saturated rings. The number of amides is 2. The standard InChI is InChI=1S/C20H27N3O3S/c1-4-10-22-11-9-20(8-7-18(22)25)14-23(13-12-21(20)3)19(26)17-6-5-16(27-17)15(2)24/h4-6H,1,7-14H2,2-3H3/t20-/m0/s1. The molecule has 2 amide bonds. The molecule has 1 atom stereocenters. The summed E-state index contributed by atoms with van der Waals surface area (Å²) in [6.45, 7) is 8.58. The first-order chi connectivity index (χ1) is 12.9. The number of Topliss-reactive ketones (excluding diaryl/α,β-unsaturated/α-hetero) is 1. The van der Waals surface area contributed by atoms with E-state index in [4.69, 9.17) is 0 Å². The number of thiophene rings is 1. The Bertz CT molecular complexity index is 759. The van der Waals surface area contributed by atoms with Crippen molar-refractivity contribution in [2.75, 3.05) is 39.8 Å². The lowest BCUT2D eigenvalue weighted by Gasteiger charge is -2.49. The molecule has 2 aliphatic heterocycles. The number of piperazine rings is 1. The monoisotopic (exact) mass is 389 g/mol. The Morgan fingerprint density at radius 2 is 1.96 bits per heavy atom. The van der Waals surface area contributed by atoms with E-state index in [0.717, 1.165) is 19.4 Å². The number of hydrogen-bond donors (Lipinski definition) is 0. The first-order valence-corrected chi connectivity index (χ1v) is 10.2. The molecular weight excluding hydrogens is 362 g/mol. The van der Waals surface area contributed by atoms with Gasteiger partial charge in [-0.15, -0.1) is 17.9 Å². The Hall–Kier alpha value is -1.99. The van der Waals surface area contributed by atoms with E-state index in [2.05, 4.69) is 18.5 Å². The highest BCUT2D eigenvalue weighted by molar-refractivity contribution is 7.15. The van der Waals surface area contributed by atoms with Crippen LogP contribution in [-0.2, 0) is 4.79 Å². The van der Waals surface area contributed by atoms with Crippen LogP contribution in [0.15, 0.2) is 24.8 Å². The van der Waals surface area contributed by atoms with Gasteiger partial charge < -0.3 is 9.80 Å². The first kappa shape index (κ1) is 19.8. The molecule has 1 aromatic rings. The summed E-state index contributed by atoms with van der Waals surface area (Å²) in [7, 11) is 2.09. The summed E-state index contributed by atoms with van der Waals surface area (Å²) in [4.78, 5) is 44.2. The van der Waals surface area contributed by atoms with Crippen LogP contribution in [0, 0.1) is 0 Å². The number of likely N-dealkylation sites (tertiary alicyclic amines) is 1. The average Bonchev–Trinajstić information content (AvgIpc) is 3.09. The molecule has 27 heavy (non-hydrogen) atoms. The zero-order chi connectivity index (χ0) is 19.6. The van der Waals surface area contributed by atoms with Crippen molar-refractivity contribution < 1.29 is 14.4 Å². The van der Waals surface area contributed by atoms with Crippen molar-refractivity contribution in [1.82, 2.24) is 14.7 Å². The van der Waals surface area contributed by atoms with Crippen LogP contribution in [0.4, 0.5) is 0 Å². The van der Waals surface area contributed by atoms with Crippen molar-refractivity contribution in [2.45, 2.75) is 31.7 Å². The van der Waals surface area contributed by atoms with Gasteiger partial charge in [0.2, 0.25) is 5.91 Å². The van der Waals surface area contributed by atoms with Gasteiger partial charge >= 0.3 is 0 Å². The first-order valence-electron chi connectivity index (χ1n) is 9.36. The molecule has 0 bridgehead atoms. The molecule has 2 aliphatic rings. The second-order valence-electron chi connectivity index (χ2n) is 7.47. The van der Waals surface area contributed by atoms with Crippen LogP contribution in [0.2, 0.25) is 0 Å². The molecule has 0 saturated carbocycles. The van der Waals surface area contributed by atoms with E-state index >= 15 is 0 Å². The summed E-state index contributed by atoms with van der Waals surface area (Å²) in [5, 5.41) is 0. The molecule has 3 heterocycles. The fourth-order valence-corrected chi connectivity index (χ4v) is 4.88. The Labute approximate surface area is 164 Å².